The molecule has 1 N–H and O–H groups in total. The van der Waals surface area contributed by atoms with Crippen LogP contribution in [0.4, 0.5) is 13.2 Å². The molecule has 1 aromatic heterocycles. The Kier molecular flexibility index (Phi) is 6.45. The number of piperazine rings is 1. The van der Waals surface area contributed by atoms with E-state index in [-0.39, 0.29) is 29.3 Å². The van der Waals surface area contributed by atoms with Crippen molar-refractivity contribution in [1.82, 2.24) is 9.21 Å². The summed E-state index contributed by atoms with van der Waals surface area (Å²) in [5.74, 6) is 0.0531. The van der Waals surface area contributed by atoms with Gasteiger partial charge in [0.05, 0.1) is 10.5 Å². The van der Waals surface area contributed by atoms with Crippen LogP contribution >= 0.6 is 0 Å². The van der Waals surface area contributed by atoms with Crippen molar-refractivity contribution in [1.29, 1.82) is 0 Å². The van der Waals surface area contributed by atoms with E-state index >= 15 is 0 Å². The summed E-state index contributed by atoms with van der Waals surface area (Å²) in [6, 6.07) is 8.07. The van der Waals surface area contributed by atoms with E-state index in [2.05, 4.69) is 0 Å². The van der Waals surface area contributed by atoms with Crippen LogP contribution < -0.4 is 5.63 Å². The van der Waals surface area contributed by atoms with Gasteiger partial charge in [0.2, 0.25) is 10.0 Å². The van der Waals surface area contributed by atoms with Crippen molar-refractivity contribution in [2.24, 2.45) is 0 Å². The van der Waals surface area contributed by atoms with Crippen molar-refractivity contribution < 1.29 is 31.1 Å². The molecule has 11 heteroatoms. The molecule has 0 unspecified atom stereocenters. The Morgan fingerprint density at radius 2 is 1.65 bits per heavy atom. The summed E-state index contributed by atoms with van der Waals surface area (Å²) in [6.07, 6.45) is -3.94. The lowest BCUT2D eigenvalue weighted by atomic mass is 10.0. The van der Waals surface area contributed by atoms with Crippen LogP contribution in [0.15, 0.2) is 56.6 Å². The monoisotopic (exact) mass is 496 g/mol. The predicted octanol–water partition coefficient (Wildman–Crippen LogP) is 3.59. The van der Waals surface area contributed by atoms with Crippen LogP contribution in [0.2, 0.25) is 0 Å². The minimum Gasteiger partial charge on any atom is -0.508 e. The summed E-state index contributed by atoms with van der Waals surface area (Å²) in [6.45, 7) is 3.34. The Hall–Kier alpha value is -2.89. The zero-order valence-electron chi connectivity index (χ0n) is 18.3. The van der Waals surface area contributed by atoms with E-state index in [0.717, 1.165) is 29.8 Å². The Morgan fingerprint density at radius 3 is 2.24 bits per heavy atom. The van der Waals surface area contributed by atoms with Crippen LogP contribution in [-0.4, -0.2) is 48.9 Å². The molecule has 3 aromatic rings. The van der Waals surface area contributed by atoms with E-state index in [0.29, 0.717) is 37.0 Å². The van der Waals surface area contributed by atoms with E-state index in [1.165, 1.54) is 16.4 Å². The number of nitrogens with zero attached hydrogens (tertiary/aromatic N) is 2. The van der Waals surface area contributed by atoms with Gasteiger partial charge in [-0.05, 0) is 47.9 Å². The fourth-order valence-electron chi connectivity index (χ4n) is 4.06. The smallest absolute Gasteiger partial charge is 0.416 e. The Labute approximate surface area is 194 Å². The number of aromatic hydroxyl groups is 1. The van der Waals surface area contributed by atoms with Gasteiger partial charge in [-0.1, -0.05) is 6.92 Å². The molecule has 34 heavy (non-hydrogen) atoms. The quantitative estimate of drug-likeness (QED) is 0.543. The second-order valence-electron chi connectivity index (χ2n) is 8.12. The summed E-state index contributed by atoms with van der Waals surface area (Å²) in [7, 11) is -3.93. The van der Waals surface area contributed by atoms with Gasteiger partial charge < -0.3 is 9.52 Å². The molecule has 1 aliphatic heterocycles. The number of phenols is 1. The molecule has 0 saturated carbocycles. The molecule has 4 rings (SSSR count). The van der Waals surface area contributed by atoms with E-state index in [4.69, 9.17) is 4.42 Å². The number of hydrogen-bond donors (Lipinski definition) is 1. The number of aryl methyl sites for hydroxylation is 1. The lowest BCUT2D eigenvalue weighted by molar-refractivity contribution is -0.137. The van der Waals surface area contributed by atoms with E-state index in [1.807, 2.05) is 11.8 Å². The standard InChI is InChI=1S/C23H23F3N2O5S/c1-2-15-11-19-16(12-22(30)33-21(19)13-20(15)29)14-27-7-9-28(10-8-27)34(31,32)18-5-3-17(4-6-18)23(24,25)26/h3-6,11-13,29H,2,7-10,14H2,1H3. The molecule has 2 aromatic carbocycles. The highest BCUT2D eigenvalue weighted by molar-refractivity contribution is 7.89. The summed E-state index contributed by atoms with van der Waals surface area (Å²) in [5.41, 5.74) is 0.251. The van der Waals surface area contributed by atoms with Crippen molar-refractivity contribution in [3.05, 3.63) is 69.6 Å². The van der Waals surface area contributed by atoms with Gasteiger partial charge in [-0.25, -0.2) is 13.2 Å². The van der Waals surface area contributed by atoms with Gasteiger partial charge in [0.15, 0.2) is 0 Å². The van der Waals surface area contributed by atoms with Crippen molar-refractivity contribution in [2.45, 2.75) is 31.0 Å². The van der Waals surface area contributed by atoms with Gasteiger partial charge in [0, 0.05) is 50.2 Å². The Bertz CT molecular complexity index is 1360. The molecule has 1 saturated heterocycles. The number of halogens is 3. The highest BCUT2D eigenvalue weighted by Crippen LogP contribution is 2.31. The predicted molar refractivity (Wildman–Crippen MR) is 119 cm³/mol. The van der Waals surface area contributed by atoms with Gasteiger partial charge in [-0.2, -0.15) is 17.5 Å². The van der Waals surface area contributed by atoms with Crippen molar-refractivity contribution in [3.8, 4) is 5.75 Å². The molecular weight excluding hydrogens is 473 g/mol. The van der Waals surface area contributed by atoms with E-state index in [9.17, 15) is 31.5 Å². The van der Waals surface area contributed by atoms with Crippen LogP contribution in [0.5, 0.6) is 5.75 Å². The van der Waals surface area contributed by atoms with Crippen LogP contribution in [0.25, 0.3) is 11.0 Å². The number of sulfonamides is 1. The van der Waals surface area contributed by atoms with Gasteiger partial charge >= 0.3 is 11.8 Å². The maximum Gasteiger partial charge on any atom is 0.416 e. The molecule has 0 aliphatic carbocycles. The van der Waals surface area contributed by atoms with Crippen LogP contribution in [0.3, 0.4) is 0 Å². The molecule has 0 bridgehead atoms. The molecule has 1 fully saturated rings. The number of hydrogen-bond acceptors (Lipinski definition) is 6. The third-order valence-electron chi connectivity index (χ3n) is 5.95. The third kappa shape index (κ3) is 4.82. The van der Waals surface area contributed by atoms with Crippen molar-refractivity contribution >= 4 is 21.0 Å². The summed E-state index contributed by atoms with van der Waals surface area (Å²) >= 11 is 0. The Morgan fingerprint density at radius 1 is 1.00 bits per heavy atom. The summed E-state index contributed by atoms with van der Waals surface area (Å²) < 4.78 is 70.6. The first-order valence-electron chi connectivity index (χ1n) is 10.7. The van der Waals surface area contributed by atoms with Gasteiger partial charge in [-0.3, -0.25) is 4.90 Å². The molecule has 1 aliphatic rings. The molecule has 7 nitrogen and oxygen atoms in total. The first kappa shape index (κ1) is 24.2. The number of rotatable bonds is 5. The molecule has 0 radical (unpaired) electrons. The van der Waals surface area contributed by atoms with E-state index in [1.54, 1.807) is 6.07 Å². The molecule has 0 spiro atoms. The zero-order chi connectivity index (χ0) is 24.7. The van der Waals surface area contributed by atoms with Crippen LogP contribution in [-0.2, 0) is 29.2 Å². The van der Waals surface area contributed by atoms with E-state index < -0.39 is 27.4 Å². The number of benzene rings is 2. The van der Waals surface area contributed by atoms with Crippen LogP contribution in [0, 0.1) is 0 Å². The fourth-order valence-corrected chi connectivity index (χ4v) is 5.48. The van der Waals surface area contributed by atoms with Gasteiger partial charge in [0.25, 0.3) is 0 Å². The Balaban J connectivity index is 1.49. The average molecular weight is 497 g/mol. The zero-order valence-corrected chi connectivity index (χ0v) is 19.1. The fraction of sp³-hybridized carbons (Fsp3) is 0.348. The maximum atomic E-state index is 12.9. The molecule has 0 atom stereocenters. The highest BCUT2D eigenvalue weighted by atomic mass is 32.2. The number of phenolic OH excluding ortho intramolecular Hbond substituents is 1. The SMILES string of the molecule is CCc1cc2c(CN3CCN(S(=O)(=O)c4ccc(C(F)(F)F)cc4)CC3)cc(=O)oc2cc1O. The molecule has 0 amide bonds. The summed E-state index contributed by atoms with van der Waals surface area (Å²) in [5, 5.41) is 10.8. The molecular formula is C23H23F3N2O5S. The van der Waals surface area contributed by atoms with Gasteiger partial charge in [-0.15, -0.1) is 0 Å². The summed E-state index contributed by atoms with van der Waals surface area (Å²) in [4.78, 5) is 13.8. The highest BCUT2D eigenvalue weighted by Gasteiger charge is 2.32. The maximum absolute atomic E-state index is 12.9. The normalized spacial score (nSPS) is 16.2. The lowest BCUT2D eigenvalue weighted by Gasteiger charge is -2.34. The number of alkyl halides is 3. The van der Waals surface area contributed by atoms with Crippen molar-refractivity contribution in [2.75, 3.05) is 26.2 Å². The molecule has 182 valence electrons. The van der Waals surface area contributed by atoms with Crippen molar-refractivity contribution in [3.63, 3.8) is 0 Å². The number of fused-ring (bicyclic) bond motifs is 1. The largest absolute Gasteiger partial charge is 0.508 e. The topological polar surface area (TPSA) is 91.1 Å². The lowest BCUT2D eigenvalue weighted by Crippen LogP contribution is -2.48. The molecule has 2 heterocycles. The second-order valence-corrected chi connectivity index (χ2v) is 10.1. The average Bonchev–Trinajstić information content (AvgIpc) is 2.78. The third-order valence-corrected chi connectivity index (χ3v) is 7.87. The van der Waals surface area contributed by atoms with Crippen LogP contribution in [0.1, 0.15) is 23.6 Å². The minimum atomic E-state index is -4.54. The first-order chi connectivity index (χ1) is 16.0. The second kappa shape index (κ2) is 9.05. The van der Waals surface area contributed by atoms with Gasteiger partial charge in [0.1, 0.15) is 11.3 Å². The first-order valence-corrected chi connectivity index (χ1v) is 12.1. The minimum absolute atomic E-state index is 0.0531.